The molecule has 3 aliphatic rings. The number of aliphatic hydroxyl groups is 1. The fourth-order valence-electron chi connectivity index (χ4n) is 5.81. The summed E-state index contributed by atoms with van der Waals surface area (Å²) in [5.41, 5.74) is 0. The molecule has 0 spiro atoms. The third-order valence-electron chi connectivity index (χ3n) is 7.67. The Morgan fingerprint density at radius 1 is 0.786 bits per heavy atom. The van der Waals surface area contributed by atoms with Crippen molar-refractivity contribution in [2.45, 2.75) is 65.0 Å². The van der Waals surface area contributed by atoms with Gasteiger partial charge in [-0.05, 0) is 51.9 Å². The van der Waals surface area contributed by atoms with E-state index in [0.29, 0.717) is 12.6 Å². The van der Waals surface area contributed by atoms with Crippen molar-refractivity contribution < 1.29 is 5.11 Å². The Hall–Kier alpha value is -0.200. The lowest BCUT2D eigenvalue weighted by Gasteiger charge is -2.41. The van der Waals surface area contributed by atoms with E-state index in [4.69, 9.17) is 5.11 Å². The molecule has 28 heavy (non-hydrogen) atoms. The number of rotatable bonds is 8. The summed E-state index contributed by atoms with van der Waals surface area (Å²) in [6.07, 6.45) is 7.19. The minimum Gasteiger partial charge on any atom is -0.395 e. The van der Waals surface area contributed by atoms with E-state index >= 15 is 0 Å². The zero-order valence-electron chi connectivity index (χ0n) is 18.9. The molecule has 0 amide bonds. The second-order valence-corrected chi connectivity index (χ2v) is 10.0. The largest absolute Gasteiger partial charge is 0.395 e. The summed E-state index contributed by atoms with van der Waals surface area (Å²) in [6, 6.07) is 1.42. The van der Waals surface area contributed by atoms with Gasteiger partial charge in [-0.15, -0.1) is 0 Å². The number of nitrogens with zero attached hydrogens (tertiary/aromatic N) is 4. The van der Waals surface area contributed by atoms with Crippen molar-refractivity contribution in [1.29, 1.82) is 0 Å². The highest BCUT2D eigenvalue weighted by Gasteiger charge is 2.29. The topological polar surface area (TPSA) is 33.2 Å². The van der Waals surface area contributed by atoms with Crippen molar-refractivity contribution in [1.82, 2.24) is 19.6 Å². The fourth-order valence-corrected chi connectivity index (χ4v) is 5.81. The molecule has 164 valence electrons. The second kappa shape index (κ2) is 11.3. The Kier molecular flexibility index (Phi) is 9.04. The molecule has 3 rings (SSSR count). The molecule has 0 bridgehead atoms. The summed E-state index contributed by atoms with van der Waals surface area (Å²) in [7, 11) is 0. The predicted molar refractivity (Wildman–Crippen MR) is 118 cm³/mol. The molecule has 3 unspecified atom stereocenters. The van der Waals surface area contributed by atoms with Gasteiger partial charge in [-0.3, -0.25) is 14.7 Å². The molecule has 1 N–H and O–H groups in total. The van der Waals surface area contributed by atoms with Gasteiger partial charge in [0, 0.05) is 77.5 Å². The molecule has 5 heteroatoms. The fraction of sp³-hybridized carbons (Fsp3) is 1.00. The summed E-state index contributed by atoms with van der Waals surface area (Å²) < 4.78 is 0. The van der Waals surface area contributed by atoms with Crippen molar-refractivity contribution in [3.05, 3.63) is 0 Å². The van der Waals surface area contributed by atoms with E-state index in [-0.39, 0.29) is 0 Å². The average Bonchev–Trinajstić information content (AvgIpc) is 2.69. The number of piperazine rings is 2. The van der Waals surface area contributed by atoms with Crippen LogP contribution in [0.3, 0.4) is 0 Å². The van der Waals surface area contributed by atoms with Crippen molar-refractivity contribution >= 4 is 0 Å². The monoisotopic (exact) mass is 394 g/mol. The van der Waals surface area contributed by atoms with E-state index in [0.717, 1.165) is 37.5 Å². The van der Waals surface area contributed by atoms with Crippen LogP contribution in [0, 0.1) is 11.8 Å². The van der Waals surface area contributed by atoms with Crippen LogP contribution in [0.1, 0.15) is 52.9 Å². The van der Waals surface area contributed by atoms with Crippen LogP contribution >= 0.6 is 0 Å². The molecule has 0 aromatic rings. The molecule has 2 saturated heterocycles. The van der Waals surface area contributed by atoms with E-state index < -0.39 is 0 Å². The van der Waals surface area contributed by atoms with Crippen LogP contribution in [-0.4, -0.2) is 109 Å². The normalized spacial score (nSPS) is 30.8. The van der Waals surface area contributed by atoms with Crippen LogP contribution in [0.4, 0.5) is 0 Å². The van der Waals surface area contributed by atoms with Gasteiger partial charge >= 0.3 is 0 Å². The van der Waals surface area contributed by atoms with E-state index in [9.17, 15) is 0 Å². The van der Waals surface area contributed by atoms with Gasteiger partial charge in [-0.2, -0.15) is 0 Å². The first kappa shape index (κ1) is 22.5. The summed E-state index contributed by atoms with van der Waals surface area (Å²) in [5.74, 6) is 1.86. The lowest BCUT2D eigenvalue weighted by molar-refractivity contribution is 0.0664. The van der Waals surface area contributed by atoms with Gasteiger partial charge in [0.2, 0.25) is 0 Å². The summed E-state index contributed by atoms with van der Waals surface area (Å²) in [5, 5.41) is 9.13. The molecule has 1 aliphatic carbocycles. The molecule has 2 heterocycles. The standard InChI is InChI=1S/C23H46N4O/c1-20(2)26-11-9-25(10-12-26)19-23-6-4-5-22(18-23)17-21(3)27-13-7-24(8-14-27)15-16-28/h20-23,28H,4-19H2,1-3H3. The van der Waals surface area contributed by atoms with E-state index in [1.807, 2.05) is 0 Å². The van der Waals surface area contributed by atoms with Crippen molar-refractivity contribution in [3.63, 3.8) is 0 Å². The minimum atomic E-state index is 0.297. The van der Waals surface area contributed by atoms with Gasteiger partial charge in [0.25, 0.3) is 0 Å². The third kappa shape index (κ3) is 6.66. The van der Waals surface area contributed by atoms with Crippen LogP contribution in [-0.2, 0) is 0 Å². The van der Waals surface area contributed by atoms with Crippen molar-refractivity contribution in [3.8, 4) is 0 Å². The number of hydrogen-bond acceptors (Lipinski definition) is 5. The lowest BCUT2D eigenvalue weighted by atomic mass is 9.78. The molecule has 5 nitrogen and oxygen atoms in total. The van der Waals surface area contributed by atoms with E-state index in [1.165, 1.54) is 77.9 Å². The molecule has 3 fully saturated rings. The van der Waals surface area contributed by atoms with E-state index in [1.54, 1.807) is 0 Å². The highest BCUT2D eigenvalue weighted by molar-refractivity contribution is 4.83. The first-order valence-electron chi connectivity index (χ1n) is 12.1. The van der Waals surface area contributed by atoms with Crippen LogP contribution in [0.25, 0.3) is 0 Å². The maximum Gasteiger partial charge on any atom is 0.0558 e. The van der Waals surface area contributed by atoms with Crippen LogP contribution < -0.4 is 0 Å². The average molecular weight is 395 g/mol. The van der Waals surface area contributed by atoms with Gasteiger partial charge < -0.3 is 10.0 Å². The second-order valence-electron chi connectivity index (χ2n) is 10.0. The lowest BCUT2D eigenvalue weighted by Crippen LogP contribution is -2.51. The van der Waals surface area contributed by atoms with Crippen molar-refractivity contribution in [2.24, 2.45) is 11.8 Å². The first-order valence-corrected chi connectivity index (χ1v) is 12.1. The van der Waals surface area contributed by atoms with Crippen LogP contribution in [0.5, 0.6) is 0 Å². The quantitative estimate of drug-likeness (QED) is 0.683. The molecular weight excluding hydrogens is 348 g/mol. The SMILES string of the molecule is CC(C)N1CCN(CC2CCCC(CC(C)N3CCN(CCO)CC3)C2)CC1. The Balaban J connectivity index is 1.37. The summed E-state index contributed by atoms with van der Waals surface area (Å²) in [6.45, 7) is 19.3. The Bertz CT molecular complexity index is 430. The third-order valence-corrected chi connectivity index (χ3v) is 7.67. The Morgan fingerprint density at radius 2 is 1.39 bits per heavy atom. The molecule has 3 atom stereocenters. The predicted octanol–water partition coefficient (Wildman–Crippen LogP) is 2.21. The van der Waals surface area contributed by atoms with Gasteiger partial charge in [0.1, 0.15) is 0 Å². The molecule has 0 aromatic carbocycles. The number of β-amino-alcohol motifs (C(OH)–C–C–N with tert-alkyl or cyclic N) is 1. The van der Waals surface area contributed by atoms with Crippen molar-refractivity contribution in [2.75, 3.05) is 72.1 Å². The van der Waals surface area contributed by atoms with Gasteiger partial charge in [0.15, 0.2) is 0 Å². The van der Waals surface area contributed by atoms with Gasteiger partial charge in [-0.25, -0.2) is 0 Å². The van der Waals surface area contributed by atoms with Gasteiger partial charge in [-0.1, -0.05) is 12.8 Å². The first-order chi connectivity index (χ1) is 13.5. The zero-order chi connectivity index (χ0) is 19.9. The molecule has 2 aliphatic heterocycles. The molecule has 0 aromatic heterocycles. The highest BCUT2D eigenvalue weighted by atomic mass is 16.3. The summed E-state index contributed by atoms with van der Waals surface area (Å²) in [4.78, 5) is 10.5. The maximum absolute atomic E-state index is 9.13. The van der Waals surface area contributed by atoms with Gasteiger partial charge in [0.05, 0.1) is 6.61 Å². The smallest absolute Gasteiger partial charge is 0.0558 e. The van der Waals surface area contributed by atoms with E-state index in [2.05, 4.69) is 40.4 Å². The number of hydrogen-bond donors (Lipinski definition) is 1. The number of aliphatic hydroxyl groups excluding tert-OH is 1. The van der Waals surface area contributed by atoms with Crippen LogP contribution in [0.15, 0.2) is 0 Å². The summed E-state index contributed by atoms with van der Waals surface area (Å²) >= 11 is 0. The Morgan fingerprint density at radius 3 is 2.04 bits per heavy atom. The molecule has 0 radical (unpaired) electrons. The minimum absolute atomic E-state index is 0.297. The molecular formula is C23H46N4O. The van der Waals surface area contributed by atoms with Crippen LogP contribution in [0.2, 0.25) is 0 Å². The Labute approximate surface area is 174 Å². The highest BCUT2D eigenvalue weighted by Crippen LogP contribution is 2.33. The molecule has 1 saturated carbocycles. The zero-order valence-corrected chi connectivity index (χ0v) is 18.9. The maximum atomic E-state index is 9.13.